The van der Waals surface area contributed by atoms with Crippen molar-refractivity contribution < 1.29 is 18.7 Å². The molecule has 0 fully saturated rings. The summed E-state index contributed by atoms with van der Waals surface area (Å²) in [6.45, 7) is 1.99. The molecule has 0 saturated carbocycles. The van der Waals surface area contributed by atoms with Gasteiger partial charge in [0.2, 0.25) is 5.91 Å². The maximum Gasteiger partial charge on any atom is 0.230 e. The van der Waals surface area contributed by atoms with Crippen molar-refractivity contribution in [3.8, 4) is 11.5 Å². The van der Waals surface area contributed by atoms with Gasteiger partial charge in [-0.3, -0.25) is 4.79 Å². The van der Waals surface area contributed by atoms with Crippen LogP contribution in [0.25, 0.3) is 0 Å². The molecule has 2 aromatic rings. The first-order chi connectivity index (χ1) is 13.0. The lowest BCUT2D eigenvalue weighted by molar-refractivity contribution is -0.119. The molecule has 0 heterocycles. The van der Waals surface area contributed by atoms with E-state index in [-0.39, 0.29) is 23.5 Å². The van der Waals surface area contributed by atoms with E-state index in [0.29, 0.717) is 27.8 Å². The van der Waals surface area contributed by atoms with Gasteiger partial charge >= 0.3 is 0 Å². The van der Waals surface area contributed by atoms with E-state index in [1.165, 1.54) is 17.8 Å². The molecule has 0 unspecified atom stereocenters. The molecule has 0 aliphatic carbocycles. The molecule has 4 nitrogen and oxygen atoms in total. The Balaban J connectivity index is 1.95. The van der Waals surface area contributed by atoms with Crippen molar-refractivity contribution in [3.63, 3.8) is 0 Å². The van der Waals surface area contributed by atoms with Gasteiger partial charge in [0.05, 0.1) is 26.0 Å². The molecule has 0 aliphatic heterocycles. The topological polar surface area (TPSA) is 47.6 Å². The van der Waals surface area contributed by atoms with Gasteiger partial charge in [-0.05, 0) is 36.2 Å². The third-order valence-electron chi connectivity index (χ3n) is 4.09. The molecule has 2 rings (SSSR count). The molecule has 27 heavy (non-hydrogen) atoms. The second kappa shape index (κ2) is 10.4. The molecule has 0 radical (unpaired) electrons. The van der Waals surface area contributed by atoms with Crippen LogP contribution in [0.4, 0.5) is 4.39 Å². The number of amides is 1. The second-order valence-electron chi connectivity index (χ2n) is 5.84. The van der Waals surface area contributed by atoms with Crippen LogP contribution in [0.3, 0.4) is 0 Å². The number of hydrogen-bond acceptors (Lipinski definition) is 4. The van der Waals surface area contributed by atoms with Crippen molar-refractivity contribution in [1.29, 1.82) is 0 Å². The van der Waals surface area contributed by atoms with E-state index in [4.69, 9.17) is 21.1 Å². The largest absolute Gasteiger partial charge is 0.493 e. The Bertz CT molecular complexity index is 768. The summed E-state index contributed by atoms with van der Waals surface area (Å²) in [7, 11) is 3.15. The van der Waals surface area contributed by atoms with Crippen molar-refractivity contribution in [2.24, 2.45) is 0 Å². The molecule has 1 N–H and O–H groups in total. The zero-order valence-corrected chi connectivity index (χ0v) is 17.1. The number of nitrogens with one attached hydrogen (secondary N) is 1. The first-order valence-corrected chi connectivity index (χ1v) is 10.0. The highest BCUT2D eigenvalue weighted by molar-refractivity contribution is 7.99. The van der Waals surface area contributed by atoms with Gasteiger partial charge in [0, 0.05) is 16.3 Å². The Morgan fingerprint density at radius 2 is 1.96 bits per heavy atom. The average molecular weight is 412 g/mol. The molecule has 0 saturated heterocycles. The SMILES string of the molecule is CC[C@@H](NC(=O)CSCc1c(F)cccc1Cl)c1ccc(OC)c(OC)c1. The van der Waals surface area contributed by atoms with E-state index in [1.807, 2.05) is 25.1 Å². The van der Waals surface area contributed by atoms with Crippen LogP contribution in [0, 0.1) is 5.82 Å². The van der Waals surface area contributed by atoms with Crippen LogP contribution in [-0.4, -0.2) is 25.9 Å². The van der Waals surface area contributed by atoms with Crippen LogP contribution < -0.4 is 14.8 Å². The van der Waals surface area contributed by atoms with Gasteiger partial charge in [0.1, 0.15) is 5.82 Å². The number of halogens is 2. The Labute approximate surface area is 168 Å². The summed E-state index contributed by atoms with van der Waals surface area (Å²) in [5, 5.41) is 3.38. The number of hydrogen-bond donors (Lipinski definition) is 1. The molecule has 0 spiro atoms. The predicted molar refractivity (Wildman–Crippen MR) is 108 cm³/mol. The van der Waals surface area contributed by atoms with E-state index in [1.54, 1.807) is 26.4 Å². The Hall–Kier alpha value is -1.92. The van der Waals surface area contributed by atoms with Crippen LogP contribution >= 0.6 is 23.4 Å². The summed E-state index contributed by atoms with van der Waals surface area (Å²) in [6.07, 6.45) is 0.727. The number of ether oxygens (including phenoxy) is 2. The maximum atomic E-state index is 13.8. The van der Waals surface area contributed by atoms with E-state index in [9.17, 15) is 9.18 Å². The molecule has 1 atom stereocenters. The zero-order chi connectivity index (χ0) is 19.8. The zero-order valence-electron chi connectivity index (χ0n) is 15.6. The molecule has 7 heteroatoms. The maximum absolute atomic E-state index is 13.8. The molecular weight excluding hydrogens is 389 g/mol. The van der Waals surface area contributed by atoms with Crippen LogP contribution in [0.5, 0.6) is 11.5 Å². The van der Waals surface area contributed by atoms with Crippen molar-refractivity contribution >= 4 is 29.3 Å². The number of thioether (sulfide) groups is 1. The van der Waals surface area contributed by atoms with Crippen molar-refractivity contribution in [2.75, 3.05) is 20.0 Å². The summed E-state index contributed by atoms with van der Waals surface area (Å²) in [5.41, 5.74) is 1.36. The molecule has 0 aromatic heterocycles. The van der Waals surface area contributed by atoms with Gasteiger partial charge in [0.25, 0.3) is 0 Å². The third-order valence-corrected chi connectivity index (χ3v) is 5.41. The third kappa shape index (κ3) is 5.78. The van der Waals surface area contributed by atoms with Crippen LogP contribution in [0.1, 0.15) is 30.5 Å². The predicted octanol–water partition coefficient (Wildman–Crippen LogP) is 5.00. The fourth-order valence-electron chi connectivity index (χ4n) is 2.64. The van der Waals surface area contributed by atoms with Crippen molar-refractivity contribution in [1.82, 2.24) is 5.32 Å². The highest BCUT2D eigenvalue weighted by Gasteiger charge is 2.16. The molecule has 2 aromatic carbocycles. The first-order valence-electron chi connectivity index (χ1n) is 8.52. The van der Waals surface area contributed by atoms with Crippen LogP contribution in [-0.2, 0) is 10.5 Å². The van der Waals surface area contributed by atoms with E-state index >= 15 is 0 Å². The summed E-state index contributed by atoms with van der Waals surface area (Å²) in [6, 6.07) is 10.0. The molecule has 146 valence electrons. The summed E-state index contributed by atoms with van der Waals surface area (Å²) in [5.74, 6) is 1.34. The number of benzene rings is 2. The Morgan fingerprint density at radius 1 is 1.22 bits per heavy atom. The minimum absolute atomic E-state index is 0.117. The first kappa shape index (κ1) is 21.4. The Kier molecular flexibility index (Phi) is 8.25. The number of rotatable bonds is 9. The molecule has 0 bridgehead atoms. The van der Waals surface area contributed by atoms with Crippen LogP contribution in [0.2, 0.25) is 5.02 Å². The summed E-state index contributed by atoms with van der Waals surface area (Å²) >= 11 is 7.33. The number of carbonyl (C=O) groups excluding carboxylic acids is 1. The fourth-order valence-corrected chi connectivity index (χ4v) is 3.82. The minimum atomic E-state index is -0.354. The lowest BCUT2D eigenvalue weighted by Crippen LogP contribution is -2.29. The quantitative estimate of drug-likeness (QED) is 0.631. The second-order valence-corrected chi connectivity index (χ2v) is 7.23. The minimum Gasteiger partial charge on any atom is -0.493 e. The van der Waals surface area contributed by atoms with Gasteiger partial charge in [0.15, 0.2) is 11.5 Å². The fraction of sp³-hybridized carbons (Fsp3) is 0.350. The van der Waals surface area contributed by atoms with Gasteiger partial charge in [-0.25, -0.2) is 4.39 Å². The summed E-state index contributed by atoms with van der Waals surface area (Å²) in [4.78, 5) is 12.3. The van der Waals surface area contributed by atoms with Gasteiger partial charge < -0.3 is 14.8 Å². The normalized spacial score (nSPS) is 11.7. The molecule has 1 amide bonds. The van der Waals surface area contributed by atoms with Crippen LogP contribution in [0.15, 0.2) is 36.4 Å². The highest BCUT2D eigenvalue weighted by atomic mass is 35.5. The molecular formula is C20H23ClFNO3S. The average Bonchev–Trinajstić information content (AvgIpc) is 2.67. The Morgan fingerprint density at radius 3 is 2.59 bits per heavy atom. The standard InChI is InChI=1S/C20H23ClFNO3S/c1-4-17(13-8-9-18(25-2)19(10-13)26-3)23-20(24)12-27-11-14-15(21)6-5-7-16(14)22/h5-10,17H,4,11-12H2,1-3H3,(H,23,24)/t17-/m1/s1. The monoisotopic (exact) mass is 411 g/mol. The highest BCUT2D eigenvalue weighted by Crippen LogP contribution is 2.31. The van der Waals surface area contributed by atoms with Gasteiger partial charge in [-0.1, -0.05) is 30.7 Å². The number of carbonyl (C=O) groups is 1. The van der Waals surface area contributed by atoms with Crippen molar-refractivity contribution in [3.05, 3.63) is 58.4 Å². The summed E-state index contributed by atoms with van der Waals surface area (Å²) < 4.78 is 24.3. The van der Waals surface area contributed by atoms with Gasteiger partial charge in [-0.2, -0.15) is 0 Å². The number of methoxy groups -OCH3 is 2. The van der Waals surface area contributed by atoms with E-state index in [0.717, 1.165) is 12.0 Å². The van der Waals surface area contributed by atoms with E-state index < -0.39 is 0 Å². The lowest BCUT2D eigenvalue weighted by atomic mass is 10.0. The molecule has 0 aliphatic rings. The van der Waals surface area contributed by atoms with Crippen molar-refractivity contribution in [2.45, 2.75) is 25.1 Å². The van der Waals surface area contributed by atoms with Gasteiger partial charge in [-0.15, -0.1) is 11.8 Å². The smallest absolute Gasteiger partial charge is 0.230 e. The van der Waals surface area contributed by atoms with E-state index in [2.05, 4.69) is 5.32 Å². The lowest BCUT2D eigenvalue weighted by Gasteiger charge is -2.19.